The van der Waals surface area contributed by atoms with Crippen LogP contribution in [0.3, 0.4) is 0 Å². The van der Waals surface area contributed by atoms with Crippen molar-refractivity contribution in [2.75, 3.05) is 165 Å². The maximum Gasteiger partial charge on any atom is 0.305 e. The van der Waals surface area contributed by atoms with E-state index in [2.05, 4.69) is 13.8 Å². The number of carbonyl (C=O) groups is 1. The fraction of sp³-hybridized carbons (Fsp3) is 0.976. The monoisotopic (exact) mass is 813 g/mol. The SMILES string of the molecule is CCCCCCCCCCOCCOCCOCCOCCOCCOCCOCCOCCOCCOCCOCCOCCOC(=O)CCCCCCC. The Kier molecular flexibility index (Phi) is 51.1. The van der Waals surface area contributed by atoms with Crippen LogP contribution in [-0.4, -0.2) is 171 Å². The van der Waals surface area contributed by atoms with Gasteiger partial charge in [0.25, 0.3) is 0 Å². The van der Waals surface area contributed by atoms with Crippen molar-refractivity contribution in [1.29, 1.82) is 0 Å². The second-order valence-electron chi connectivity index (χ2n) is 13.2. The summed E-state index contributed by atoms with van der Waals surface area (Å²) in [5, 5.41) is 0. The molecule has 0 atom stereocenters. The number of unbranched alkanes of at least 4 members (excludes halogenated alkanes) is 11. The van der Waals surface area contributed by atoms with Crippen LogP contribution in [0.25, 0.3) is 0 Å². The van der Waals surface area contributed by atoms with Gasteiger partial charge in [0.05, 0.1) is 152 Å². The third-order valence-electron chi connectivity index (χ3n) is 8.21. The van der Waals surface area contributed by atoms with Crippen molar-refractivity contribution in [2.45, 2.75) is 104 Å². The molecule has 0 aromatic carbocycles. The predicted octanol–water partition coefficient (Wildman–Crippen LogP) is 6.23. The summed E-state index contributed by atoms with van der Waals surface area (Å²) in [6.45, 7) is 17.3. The Labute approximate surface area is 340 Å². The summed E-state index contributed by atoms with van der Waals surface area (Å²) in [5.74, 6) is -0.147. The van der Waals surface area contributed by atoms with Gasteiger partial charge in [0.1, 0.15) is 6.61 Å². The number of esters is 1. The minimum absolute atomic E-state index is 0.147. The molecule has 0 spiro atoms. The zero-order valence-electron chi connectivity index (χ0n) is 35.8. The van der Waals surface area contributed by atoms with E-state index in [0.29, 0.717) is 158 Å². The lowest BCUT2D eigenvalue weighted by atomic mass is 10.1. The van der Waals surface area contributed by atoms with Gasteiger partial charge in [0.2, 0.25) is 0 Å². The molecule has 14 heteroatoms. The highest BCUT2D eigenvalue weighted by Crippen LogP contribution is 2.08. The molecule has 0 aromatic heterocycles. The maximum atomic E-state index is 11.6. The molecule has 0 amide bonds. The first kappa shape index (κ1) is 55.0. The Hall–Kier alpha value is -1.01. The Balaban J connectivity index is 3.08. The molecule has 0 saturated carbocycles. The molecule has 0 saturated heterocycles. The van der Waals surface area contributed by atoms with Crippen LogP contribution in [0.2, 0.25) is 0 Å². The molecule has 0 aliphatic carbocycles. The topological polar surface area (TPSA) is 137 Å². The third kappa shape index (κ3) is 51.0. The fourth-order valence-corrected chi connectivity index (χ4v) is 5.02. The molecule has 0 N–H and O–H groups in total. The minimum Gasteiger partial charge on any atom is -0.463 e. The van der Waals surface area contributed by atoms with E-state index in [4.69, 9.17) is 61.6 Å². The molecule has 14 nitrogen and oxygen atoms in total. The summed E-state index contributed by atoms with van der Waals surface area (Å²) in [4.78, 5) is 11.6. The van der Waals surface area contributed by atoms with E-state index in [9.17, 15) is 4.79 Å². The number of rotatable bonds is 51. The second-order valence-corrected chi connectivity index (χ2v) is 13.2. The summed E-state index contributed by atoms with van der Waals surface area (Å²) >= 11 is 0. The Bertz CT molecular complexity index is 721. The van der Waals surface area contributed by atoms with Gasteiger partial charge in [-0.3, -0.25) is 4.79 Å². The minimum atomic E-state index is -0.147. The van der Waals surface area contributed by atoms with Gasteiger partial charge in [0.15, 0.2) is 0 Å². The van der Waals surface area contributed by atoms with Crippen molar-refractivity contribution in [1.82, 2.24) is 0 Å². The molecule has 336 valence electrons. The molecular weight excluding hydrogens is 728 g/mol. The van der Waals surface area contributed by atoms with E-state index in [0.717, 1.165) is 25.9 Å². The van der Waals surface area contributed by atoms with Crippen LogP contribution >= 0.6 is 0 Å². The quantitative estimate of drug-likeness (QED) is 0.0507. The van der Waals surface area contributed by atoms with Gasteiger partial charge in [-0.2, -0.15) is 0 Å². The molecule has 0 aliphatic heterocycles. The molecule has 0 rings (SSSR count). The van der Waals surface area contributed by atoms with Gasteiger partial charge in [-0.25, -0.2) is 0 Å². The van der Waals surface area contributed by atoms with Crippen LogP contribution < -0.4 is 0 Å². The highest BCUT2D eigenvalue weighted by atomic mass is 16.6. The zero-order valence-corrected chi connectivity index (χ0v) is 35.8. The van der Waals surface area contributed by atoms with Gasteiger partial charge in [-0.1, -0.05) is 84.5 Å². The van der Waals surface area contributed by atoms with Gasteiger partial charge >= 0.3 is 5.97 Å². The van der Waals surface area contributed by atoms with E-state index in [1.54, 1.807) is 0 Å². The van der Waals surface area contributed by atoms with Crippen LogP contribution in [0, 0.1) is 0 Å². The van der Waals surface area contributed by atoms with Gasteiger partial charge < -0.3 is 61.6 Å². The van der Waals surface area contributed by atoms with Crippen LogP contribution in [-0.2, 0) is 66.4 Å². The fourth-order valence-electron chi connectivity index (χ4n) is 5.02. The number of hydrogen-bond donors (Lipinski definition) is 0. The first-order valence-corrected chi connectivity index (χ1v) is 21.9. The van der Waals surface area contributed by atoms with E-state index < -0.39 is 0 Å². The lowest BCUT2D eigenvalue weighted by molar-refractivity contribution is -0.145. The normalized spacial score (nSPS) is 11.5. The summed E-state index contributed by atoms with van der Waals surface area (Å²) in [7, 11) is 0. The lowest BCUT2D eigenvalue weighted by Gasteiger charge is -2.09. The summed E-state index contributed by atoms with van der Waals surface area (Å²) in [6, 6.07) is 0. The summed E-state index contributed by atoms with van der Waals surface area (Å²) in [6.07, 6.45) is 16.6. The number of carbonyl (C=O) groups excluding carboxylic acids is 1. The lowest BCUT2D eigenvalue weighted by Crippen LogP contribution is -2.15. The van der Waals surface area contributed by atoms with Crippen molar-refractivity contribution >= 4 is 5.97 Å². The molecule has 0 radical (unpaired) electrons. The van der Waals surface area contributed by atoms with Crippen molar-refractivity contribution in [3.63, 3.8) is 0 Å². The van der Waals surface area contributed by atoms with Crippen LogP contribution in [0.5, 0.6) is 0 Å². The van der Waals surface area contributed by atoms with Gasteiger partial charge in [0, 0.05) is 13.0 Å². The van der Waals surface area contributed by atoms with E-state index in [1.807, 2.05) is 0 Å². The van der Waals surface area contributed by atoms with Gasteiger partial charge in [-0.05, 0) is 12.8 Å². The Morgan fingerprint density at radius 1 is 0.250 bits per heavy atom. The van der Waals surface area contributed by atoms with Crippen molar-refractivity contribution < 1.29 is 66.4 Å². The highest BCUT2D eigenvalue weighted by molar-refractivity contribution is 5.69. The molecule has 0 unspecified atom stereocenters. The molecule has 56 heavy (non-hydrogen) atoms. The first-order valence-electron chi connectivity index (χ1n) is 21.9. The van der Waals surface area contributed by atoms with E-state index in [-0.39, 0.29) is 12.6 Å². The van der Waals surface area contributed by atoms with Crippen molar-refractivity contribution in [3.05, 3.63) is 0 Å². The average Bonchev–Trinajstić information content (AvgIpc) is 3.20. The summed E-state index contributed by atoms with van der Waals surface area (Å²) < 4.78 is 71.3. The maximum absolute atomic E-state index is 11.6. The second kappa shape index (κ2) is 52.0. The van der Waals surface area contributed by atoms with Crippen molar-refractivity contribution in [2.24, 2.45) is 0 Å². The molecular formula is C42H84O14. The van der Waals surface area contributed by atoms with Crippen molar-refractivity contribution in [3.8, 4) is 0 Å². The summed E-state index contributed by atoms with van der Waals surface area (Å²) in [5.41, 5.74) is 0. The predicted molar refractivity (Wildman–Crippen MR) is 217 cm³/mol. The van der Waals surface area contributed by atoms with E-state index in [1.165, 1.54) is 64.2 Å². The highest BCUT2D eigenvalue weighted by Gasteiger charge is 2.03. The number of ether oxygens (including phenoxy) is 13. The van der Waals surface area contributed by atoms with Gasteiger partial charge in [-0.15, -0.1) is 0 Å². The van der Waals surface area contributed by atoms with Crippen LogP contribution in [0.1, 0.15) is 104 Å². The molecule has 0 bridgehead atoms. The zero-order chi connectivity index (χ0) is 40.3. The average molecular weight is 813 g/mol. The Morgan fingerprint density at radius 2 is 0.464 bits per heavy atom. The standard InChI is InChI=1S/C42H84O14/c1-3-5-7-9-10-11-13-15-17-44-18-19-45-20-21-46-22-23-47-24-25-48-26-27-49-28-29-50-30-31-51-32-33-52-34-35-53-36-37-54-38-39-55-40-41-56-42(43)16-14-12-8-6-4-2/h3-41H2,1-2H3. The smallest absolute Gasteiger partial charge is 0.305 e. The van der Waals surface area contributed by atoms with Crippen LogP contribution in [0.4, 0.5) is 0 Å². The molecule has 0 aliphatic rings. The molecule has 0 aromatic rings. The molecule has 0 heterocycles. The Morgan fingerprint density at radius 3 is 0.750 bits per heavy atom. The number of hydrogen-bond acceptors (Lipinski definition) is 14. The largest absolute Gasteiger partial charge is 0.463 e. The van der Waals surface area contributed by atoms with E-state index >= 15 is 0 Å². The third-order valence-corrected chi connectivity index (χ3v) is 8.21. The first-order chi connectivity index (χ1) is 27.8. The molecule has 0 fully saturated rings. The van der Waals surface area contributed by atoms with Crippen LogP contribution in [0.15, 0.2) is 0 Å².